The van der Waals surface area contributed by atoms with Gasteiger partial charge in [-0.25, -0.2) is 4.68 Å². The molecule has 1 aromatic heterocycles. The molecule has 0 bridgehead atoms. The van der Waals surface area contributed by atoms with E-state index in [2.05, 4.69) is 46.3 Å². The lowest BCUT2D eigenvalue weighted by atomic mass is 10.1. The van der Waals surface area contributed by atoms with E-state index in [-0.39, 0.29) is 0 Å². The predicted octanol–water partition coefficient (Wildman–Crippen LogP) is 3.01. The molecule has 0 saturated heterocycles. The van der Waals surface area contributed by atoms with Crippen LogP contribution in [0.2, 0.25) is 0 Å². The first-order valence-corrected chi connectivity index (χ1v) is 6.89. The van der Waals surface area contributed by atoms with Crippen molar-refractivity contribution in [3.05, 3.63) is 45.7 Å². The fourth-order valence-electron chi connectivity index (χ4n) is 2.14. The Labute approximate surface area is 116 Å². The summed E-state index contributed by atoms with van der Waals surface area (Å²) in [6, 6.07) is 8.16. The van der Waals surface area contributed by atoms with Crippen LogP contribution in [0.15, 0.2) is 28.7 Å². The summed E-state index contributed by atoms with van der Waals surface area (Å²) in [6.45, 7) is 5.18. The van der Waals surface area contributed by atoms with Crippen LogP contribution in [0.5, 0.6) is 0 Å². The molecule has 0 aliphatic heterocycles. The number of halogens is 1. The SMILES string of the molecule is CNCCc1c(C)nn(-c2ccccc2Br)c1C. The zero-order chi connectivity index (χ0) is 13.1. The minimum Gasteiger partial charge on any atom is -0.319 e. The van der Waals surface area contributed by atoms with Crippen LogP contribution in [-0.2, 0) is 6.42 Å². The number of aromatic nitrogens is 2. The lowest BCUT2D eigenvalue weighted by Gasteiger charge is -2.07. The quantitative estimate of drug-likeness (QED) is 0.941. The Hall–Kier alpha value is -1.13. The molecule has 1 N–H and O–H groups in total. The number of hydrogen-bond donors (Lipinski definition) is 1. The van der Waals surface area contributed by atoms with Gasteiger partial charge in [0.15, 0.2) is 0 Å². The molecule has 2 aromatic rings. The Balaban J connectivity index is 2.44. The van der Waals surface area contributed by atoms with Crippen LogP contribution < -0.4 is 5.32 Å². The van der Waals surface area contributed by atoms with Crippen LogP contribution in [0.25, 0.3) is 5.69 Å². The van der Waals surface area contributed by atoms with Crippen molar-refractivity contribution in [2.75, 3.05) is 13.6 Å². The lowest BCUT2D eigenvalue weighted by molar-refractivity contribution is 0.783. The zero-order valence-corrected chi connectivity index (χ0v) is 12.6. The van der Waals surface area contributed by atoms with Gasteiger partial charge in [-0.2, -0.15) is 5.10 Å². The summed E-state index contributed by atoms with van der Waals surface area (Å²) in [5, 5.41) is 7.84. The van der Waals surface area contributed by atoms with Crippen molar-refractivity contribution in [2.24, 2.45) is 0 Å². The minimum atomic E-state index is 0.976. The monoisotopic (exact) mass is 307 g/mol. The molecule has 1 heterocycles. The van der Waals surface area contributed by atoms with E-state index in [4.69, 9.17) is 0 Å². The fraction of sp³-hybridized carbons (Fsp3) is 0.357. The largest absolute Gasteiger partial charge is 0.319 e. The van der Waals surface area contributed by atoms with E-state index in [0.29, 0.717) is 0 Å². The normalized spacial score (nSPS) is 10.9. The second-order valence-electron chi connectivity index (χ2n) is 4.37. The van der Waals surface area contributed by atoms with E-state index < -0.39 is 0 Å². The van der Waals surface area contributed by atoms with Gasteiger partial charge in [0.05, 0.1) is 11.4 Å². The molecule has 0 amide bonds. The van der Waals surface area contributed by atoms with Crippen molar-refractivity contribution >= 4 is 15.9 Å². The van der Waals surface area contributed by atoms with Gasteiger partial charge in [-0.05, 0) is 67.5 Å². The van der Waals surface area contributed by atoms with Crippen molar-refractivity contribution in [3.8, 4) is 5.69 Å². The molecule has 0 radical (unpaired) electrons. The second-order valence-corrected chi connectivity index (χ2v) is 5.22. The number of benzene rings is 1. The van der Waals surface area contributed by atoms with Gasteiger partial charge in [-0.15, -0.1) is 0 Å². The minimum absolute atomic E-state index is 0.976. The third-order valence-electron chi connectivity index (χ3n) is 3.15. The molecule has 0 fully saturated rings. The summed E-state index contributed by atoms with van der Waals surface area (Å²) in [5.41, 5.74) is 4.75. The van der Waals surface area contributed by atoms with Crippen LogP contribution in [0.4, 0.5) is 0 Å². The predicted molar refractivity (Wildman–Crippen MR) is 78.4 cm³/mol. The summed E-state index contributed by atoms with van der Waals surface area (Å²) >= 11 is 3.58. The molecule has 1 aromatic carbocycles. The number of rotatable bonds is 4. The third kappa shape index (κ3) is 2.49. The molecule has 0 unspecified atom stereocenters. The average Bonchev–Trinajstić information content (AvgIpc) is 2.63. The van der Waals surface area contributed by atoms with Gasteiger partial charge in [-0.3, -0.25) is 0 Å². The summed E-state index contributed by atoms with van der Waals surface area (Å²) in [6.07, 6.45) is 1.01. The maximum atomic E-state index is 4.65. The highest BCUT2D eigenvalue weighted by atomic mass is 79.9. The van der Waals surface area contributed by atoms with E-state index in [9.17, 15) is 0 Å². The molecule has 0 saturated carbocycles. The van der Waals surface area contributed by atoms with Crippen LogP contribution in [-0.4, -0.2) is 23.4 Å². The molecule has 0 aliphatic carbocycles. The van der Waals surface area contributed by atoms with Crippen molar-refractivity contribution in [1.29, 1.82) is 0 Å². The van der Waals surface area contributed by atoms with Crippen molar-refractivity contribution in [3.63, 3.8) is 0 Å². The van der Waals surface area contributed by atoms with Crippen LogP contribution in [0, 0.1) is 13.8 Å². The molecule has 3 nitrogen and oxygen atoms in total. The van der Waals surface area contributed by atoms with Crippen LogP contribution >= 0.6 is 15.9 Å². The van der Waals surface area contributed by atoms with Gasteiger partial charge in [0, 0.05) is 10.2 Å². The van der Waals surface area contributed by atoms with Gasteiger partial charge < -0.3 is 5.32 Å². The Morgan fingerprint density at radius 3 is 2.67 bits per heavy atom. The Bertz CT molecular complexity index is 546. The molecular weight excluding hydrogens is 290 g/mol. The summed E-state index contributed by atoms with van der Waals surface area (Å²) < 4.78 is 3.08. The fourth-order valence-corrected chi connectivity index (χ4v) is 2.60. The number of para-hydroxylation sites is 1. The maximum Gasteiger partial charge on any atom is 0.0790 e. The lowest BCUT2D eigenvalue weighted by Crippen LogP contribution is -2.11. The van der Waals surface area contributed by atoms with Gasteiger partial charge in [0.2, 0.25) is 0 Å². The molecule has 0 aliphatic rings. The molecule has 4 heteroatoms. The molecule has 0 spiro atoms. The maximum absolute atomic E-state index is 4.65. The second kappa shape index (κ2) is 5.67. The molecule has 96 valence electrons. The van der Waals surface area contributed by atoms with Crippen molar-refractivity contribution in [1.82, 2.24) is 15.1 Å². The first kappa shape index (κ1) is 13.3. The highest BCUT2D eigenvalue weighted by molar-refractivity contribution is 9.10. The number of likely N-dealkylation sites (N-methyl/N-ethyl adjacent to an activating group) is 1. The number of nitrogens with zero attached hydrogens (tertiary/aromatic N) is 2. The number of hydrogen-bond acceptors (Lipinski definition) is 2. The highest BCUT2D eigenvalue weighted by Gasteiger charge is 2.13. The smallest absolute Gasteiger partial charge is 0.0790 e. The molecule has 18 heavy (non-hydrogen) atoms. The van der Waals surface area contributed by atoms with E-state index in [1.165, 1.54) is 11.3 Å². The standard InChI is InChI=1S/C14H18BrN3/c1-10-12(8-9-16-3)11(2)18(17-10)14-7-5-4-6-13(14)15/h4-7,16H,8-9H2,1-3H3. The first-order valence-electron chi connectivity index (χ1n) is 6.09. The molecule has 0 atom stereocenters. The Morgan fingerprint density at radius 2 is 2.00 bits per heavy atom. The van der Waals surface area contributed by atoms with E-state index in [1.54, 1.807) is 0 Å². The van der Waals surface area contributed by atoms with Gasteiger partial charge >= 0.3 is 0 Å². The highest BCUT2D eigenvalue weighted by Crippen LogP contribution is 2.24. The van der Waals surface area contributed by atoms with Gasteiger partial charge in [0.25, 0.3) is 0 Å². The summed E-state index contributed by atoms with van der Waals surface area (Å²) in [7, 11) is 1.98. The Kier molecular flexibility index (Phi) is 4.19. The zero-order valence-electron chi connectivity index (χ0n) is 11.0. The molecule has 2 rings (SSSR count). The first-order chi connectivity index (χ1) is 8.65. The van der Waals surface area contributed by atoms with E-state index in [1.807, 2.05) is 29.9 Å². The van der Waals surface area contributed by atoms with Gasteiger partial charge in [0.1, 0.15) is 0 Å². The summed E-state index contributed by atoms with van der Waals surface area (Å²) in [4.78, 5) is 0. The number of aryl methyl sites for hydroxylation is 1. The van der Waals surface area contributed by atoms with Crippen molar-refractivity contribution < 1.29 is 0 Å². The summed E-state index contributed by atoms with van der Waals surface area (Å²) in [5.74, 6) is 0. The Morgan fingerprint density at radius 1 is 1.28 bits per heavy atom. The third-order valence-corrected chi connectivity index (χ3v) is 3.82. The van der Waals surface area contributed by atoms with Gasteiger partial charge in [-0.1, -0.05) is 12.1 Å². The van der Waals surface area contributed by atoms with Crippen molar-refractivity contribution in [2.45, 2.75) is 20.3 Å². The number of nitrogens with one attached hydrogen (secondary N) is 1. The average molecular weight is 308 g/mol. The van der Waals surface area contributed by atoms with E-state index >= 15 is 0 Å². The molecular formula is C14H18BrN3. The topological polar surface area (TPSA) is 29.9 Å². The van der Waals surface area contributed by atoms with Crippen LogP contribution in [0.3, 0.4) is 0 Å². The van der Waals surface area contributed by atoms with Crippen LogP contribution in [0.1, 0.15) is 17.0 Å². The van der Waals surface area contributed by atoms with E-state index in [0.717, 1.165) is 28.8 Å².